The van der Waals surface area contributed by atoms with E-state index >= 15 is 0 Å². The molecule has 0 saturated heterocycles. The maximum absolute atomic E-state index is 2.53. The summed E-state index contributed by atoms with van der Waals surface area (Å²) in [6, 6.07) is 32.1. The molecule has 7 rings (SSSR count). The van der Waals surface area contributed by atoms with E-state index in [0.717, 1.165) is 19.3 Å². The fraction of sp³-hybridized carbons (Fsp3) is 0.244. The van der Waals surface area contributed by atoms with Crippen LogP contribution in [0.5, 0.6) is 0 Å². The van der Waals surface area contributed by atoms with E-state index in [-0.39, 0.29) is 10.8 Å². The van der Waals surface area contributed by atoms with Gasteiger partial charge in [0.2, 0.25) is 0 Å². The second-order valence-corrected chi connectivity index (χ2v) is 14.6. The van der Waals surface area contributed by atoms with Crippen LogP contribution in [-0.2, 0) is 17.3 Å². The van der Waals surface area contributed by atoms with E-state index in [2.05, 4.69) is 179 Å². The van der Waals surface area contributed by atoms with Crippen LogP contribution in [-0.4, -0.2) is 0 Å². The summed E-state index contributed by atoms with van der Waals surface area (Å²) in [5.41, 5.74) is 15.0. The van der Waals surface area contributed by atoms with Crippen LogP contribution < -0.4 is 4.90 Å². The average molecular weight is 600 g/mol. The molecular weight excluding hydrogens is 555 g/mol. The molecule has 1 atom stereocenters. The molecule has 4 aromatic carbocycles. The van der Waals surface area contributed by atoms with Crippen LogP contribution in [0, 0.1) is 0 Å². The van der Waals surface area contributed by atoms with Crippen LogP contribution in [0.25, 0.3) is 17.2 Å². The Morgan fingerprint density at radius 2 is 1.43 bits per heavy atom. The molecule has 1 unspecified atom stereocenters. The molecule has 0 amide bonds. The lowest BCUT2D eigenvalue weighted by Crippen LogP contribution is -2.22. The predicted molar refractivity (Wildman–Crippen MR) is 198 cm³/mol. The summed E-state index contributed by atoms with van der Waals surface area (Å²) >= 11 is 0. The third-order valence-electron chi connectivity index (χ3n) is 9.97. The van der Waals surface area contributed by atoms with Crippen molar-refractivity contribution in [3.8, 4) is 11.1 Å². The molecular formula is C45H45N. The number of allylic oxidation sites excluding steroid dienone is 8. The van der Waals surface area contributed by atoms with Crippen molar-refractivity contribution >= 4 is 17.5 Å². The van der Waals surface area contributed by atoms with Gasteiger partial charge in [0.05, 0.1) is 0 Å². The van der Waals surface area contributed by atoms with Gasteiger partial charge in [0, 0.05) is 29.4 Å². The average Bonchev–Trinajstić information content (AvgIpc) is 3.30. The Hall–Kier alpha value is -4.62. The first kappa shape index (κ1) is 30.1. The lowest BCUT2D eigenvalue weighted by atomic mass is 9.77. The number of rotatable bonds is 5. The first-order chi connectivity index (χ1) is 22.2. The lowest BCUT2D eigenvalue weighted by molar-refractivity contribution is 0.492. The molecule has 0 bridgehead atoms. The molecule has 0 spiro atoms. The number of anilines is 2. The molecule has 4 aromatic rings. The van der Waals surface area contributed by atoms with Crippen molar-refractivity contribution in [1.82, 2.24) is 0 Å². The van der Waals surface area contributed by atoms with Crippen molar-refractivity contribution in [3.63, 3.8) is 0 Å². The van der Waals surface area contributed by atoms with Crippen molar-refractivity contribution in [2.75, 3.05) is 4.90 Å². The number of hydrogen-bond donors (Lipinski definition) is 0. The van der Waals surface area contributed by atoms with Crippen LogP contribution in [0.3, 0.4) is 0 Å². The molecule has 46 heavy (non-hydrogen) atoms. The molecule has 230 valence electrons. The molecule has 0 fully saturated rings. The highest BCUT2D eigenvalue weighted by Gasteiger charge is 2.42. The molecule has 0 N–H and O–H groups in total. The van der Waals surface area contributed by atoms with E-state index in [1.807, 2.05) is 0 Å². The molecule has 0 saturated carbocycles. The van der Waals surface area contributed by atoms with E-state index in [9.17, 15) is 0 Å². The summed E-state index contributed by atoms with van der Waals surface area (Å²) in [7, 11) is 0. The second kappa shape index (κ2) is 12.0. The Labute approximate surface area is 276 Å². The zero-order valence-corrected chi connectivity index (χ0v) is 27.9. The maximum atomic E-state index is 2.53. The second-order valence-electron chi connectivity index (χ2n) is 14.6. The summed E-state index contributed by atoms with van der Waals surface area (Å²) in [4.78, 5) is 2.53. The minimum atomic E-state index is 0.0126. The molecule has 0 heterocycles. The first-order valence-electron chi connectivity index (χ1n) is 16.8. The zero-order valence-electron chi connectivity index (χ0n) is 27.9. The van der Waals surface area contributed by atoms with E-state index in [1.165, 1.54) is 61.6 Å². The standard InChI is InChI=1S/C45H45N/c1-44(2,3)41-25-14-13-22-38(41)40-31-45(4,5)43-39(40)24-16-26-42(43)46(34-19-10-6-7-11-20-34)35-29-27-33(28-30-35)37-23-15-18-32-17-9-8-12-21-36(32)37/h6-16,18-19,21-30,40H,17,20,31H2,1-5H3. The molecule has 0 radical (unpaired) electrons. The van der Waals surface area contributed by atoms with E-state index in [1.54, 1.807) is 0 Å². The number of benzene rings is 4. The first-order valence-corrected chi connectivity index (χ1v) is 16.8. The van der Waals surface area contributed by atoms with Gasteiger partial charge in [-0.1, -0.05) is 150 Å². The number of fused-ring (bicyclic) bond motifs is 2. The highest BCUT2D eigenvalue weighted by molar-refractivity contribution is 5.81. The van der Waals surface area contributed by atoms with Crippen molar-refractivity contribution in [2.45, 2.75) is 70.6 Å². The minimum absolute atomic E-state index is 0.0126. The fourth-order valence-corrected chi connectivity index (χ4v) is 7.90. The monoisotopic (exact) mass is 599 g/mol. The normalized spacial score (nSPS) is 18.0. The summed E-state index contributed by atoms with van der Waals surface area (Å²) in [6.07, 6.45) is 22.8. The van der Waals surface area contributed by atoms with Crippen LogP contribution >= 0.6 is 0 Å². The lowest BCUT2D eigenvalue weighted by Gasteiger charge is -2.33. The molecule has 0 aliphatic heterocycles. The van der Waals surface area contributed by atoms with Crippen LogP contribution in [0.4, 0.5) is 11.4 Å². The van der Waals surface area contributed by atoms with Gasteiger partial charge in [-0.05, 0) is 92.5 Å². The van der Waals surface area contributed by atoms with Gasteiger partial charge >= 0.3 is 0 Å². The Morgan fingerprint density at radius 3 is 2.26 bits per heavy atom. The van der Waals surface area contributed by atoms with Gasteiger partial charge in [0.1, 0.15) is 0 Å². The van der Waals surface area contributed by atoms with E-state index < -0.39 is 0 Å². The summed E-state index contributed by atoms with van der Waals surface area (Å²) in [5, 5.41) is 0. The molecule has 1 heteroatoms. The Balaban J connectivity index is 1.36. The van der Waals surface area contributed by atoms with Gasteiger partial charge in [-0.3, -0.25) is 0 Å². The van der Waals surface area contributed by atoms with E-state index in [4.69, 9.17) is 0 Å². The van der Waals surface area contributed by atoms with Gasteiger partial charge in [-0.15, -0.1) is 0 Å². The van der Waals surface area contributed by atoms with Gasteiger partial charge in [0.15, 0.2) is 0 Å². The van der Waals surface area contributed by atoms with Crippen LogP contribution in [0.15, 0.2) is 139 Å². The smallest absolute Gasteiger partial charge is 0.0498 e. The molecule has 0 aromatic heterocycles. The van der Waals surface area contributed by atoms with Crippen molar-refractivity contribution in [2.24, 2.45) is 0 Å². The SMILES string of the molecule is CC(C)(C)c1ccccc1C1CC(C)(C)c2c1cccc2N(C1=CC=CC=CC1)c1ccc(-c2cccc3c2C=CC=CC3)cc1. The fourth-order valence-electron chi connectivity index (χ4n) is 7.90. The number of nitrogens with zero attached hydrogens (tertiary/aromatic N) is 1. The third-order valence-corrected chi connectivity index (χ3v) is 9.97. The molecule has 1 nitrogen and oxygen atoms in total. The maximum Gasteiger partial charge on any atom is 0.0498 e. The molecule has 3 aliphatic rings. The summed E-state index contributed by atoms with van der Waals surface area (Å²) in [6.45, 7) is 11.9. The van der Waals surface area contributed by atoms with Gasteiger partial charge in [0.25, 0.3) is 0 Å². The Bertz CT molecular complexity index is 1920. The quantitative estimate of drug-likeness (QED) is 0.221. The predicted octanol–water partition coefficient (Wildman–Crippen LogP) is 12.1. The van der Waals surface area contributed by atoms with Crippen molar-refractivity contribution in [3.05, 3.63) is 173 Å². The summed E-state index contributed by atoms with van der Waals surface area (Å²) < 4.78 is 0. The van der Waals surface area contributed by atoms with E-state index in [0.29, 0.717) is 5.92 Å². The van der Waals surface area contributed by atoms with Gasteiger partial charge in [-0.25, -0.2) is 0 Å². The van der Waals surface area contributed by atoms with Gasteiger partial charge in [-0.2, -0.15) is 0 Å². The molecule has 3 aliphatic carbocycles. The van der Waals surface area contributed by atoms with Crippen molar-refractivity contribution in [1.29, 1.82) is 0 Å². The summed E-state index contributed by atoms with van der Waals surface area (Å²) in [5.74, 6) is 0.364. The highest BCUT2D eigenvalue weighted by Crippen LogP contribution is 2.54. The third kappa shape index (κ3) is 5.53. The highest BCUT2D eigenvalue weighted by atomic mass is 15.2. The number of hydrogen-bond acceptors (Lipinski definition) is 1. The van der Waals surface area contributed by atoms with Gasteiger partial charge < -0.3 is 4.90 Å². The largest absolute Gasteiger partial charge is 0.314 e. The Morgan fingerprint density at radius 1 is 0.696 bits per heavy atom. The van der Waals surface area contributed by atoms with Crippen molar-refractivity contribution < 1.29 is 0 Å². The minimum Gasteiger partial charge on any atom is -0.314 e. The van der Waals surface area contributed by atoms with Crippen LogP contribution in [0.1, 0.15) is 86.8 Å². The topological polar surface area (TPSA) is 3.24 Å². The van der Waals surface area contributed by atoms with Crippen LogP contribution in [0.2, 0.25) is 0 Å². The zero-order chi connectivity index (χ0) is 31.9. The Kier molecular flexibility index (Phi) is 7.81.